The summed E-state index contributed by atoms with van der Waals surface area (Å²) in [7, 11) is 0. The summed E-state index contributed by atoms with van der Waals surface area (Å²) >= 11 is 0. The third-order valence-electron chi connectivity index (χ3n) is 4.52. The van der Waals surface area contributed by atoms with Crippen LogP contribution in [0.15, 0.2) is 48.5 Å². The van der Waals surface area contributed by atoms with Gasteiger partial charge in [-0.05, 0) is 50.3 Å². The maximum Gasteiger partial charge on any atom is 0.144 e. The van der Waals surface area contributed by atoms with E-state index in [1.807, 2.05) is 24.3 Å². The molecular formula is C20H24FN3. The van der Waals surface area contributed by atoms with Crippen molar-refractivity contribution in [3.8, 4) is 11.4 Å². The van der Waals surface area contributed by atoms with E-state index < -0.39 is 0 Å². The number of para-hydroxylation sites is 2. The molecule has 0 amide bonds. The van der Waals surface area contributed by atoms with E-state index in [1.54, 1.807) is 12.1 Å². The molecule has 0 unspecified atom stereocenters. The van der Waals surface area contributed by atoms with Crippen LogP contribution >= 0.6 is 0 Å². The van der Waals surface area contributed by atoms with Gasteiger partial charge in [-0.25, -0.2) is 9.37 Å². The van der Waals surface area contributed by atoms with Crippen LogP contribution < -0.4 is 0 Å². The highest BCUT2D eigenvalue weighted by Gasteiger charge is 2.15. The standard InChI is InChI=1S/C20H24FN3/c1-3-23(4-2)14-9-15-24-19-13-8-7-12-18(19)22-20(24)16-10-5-6-11-17(16)21/h5-8,10-13H,3-4,9,14-15H2,1-2H3. The zero-order valence-corrected chi connectivity index (χ0v) is 14.4. The second-order valence-electron chi connectivity index (χ2n) is 5.94. The Morgan fingerprint density at radius 2 is 1.71 bits per heavy atom. The largest absolute Gasteiger partial charge is 0.324 e. The summed E-state index contributed by atoms with van der Waals surface area (Å²) in [5, 5.41) is 0. The molecular weight excluding hydrogens is 301 g/mol. The van der Waals surface area contributed by atoms with Crippen molar-refractivity contribution in [1.82, 2.24) is 14.5 Å². The van der Waals surface area contributed by atoms with E-state index in [9.17, 15) is 4.39 Å². The normalized spacial score (nSPS) is 11.5. The van der Waals surface area contributed by atoms with Gasteiger partial charge in [-0.15, -0.1) is 0 Å². The van der Waals surface area contributed by atoms with Crippen molar-refractivity contribution in [2.75, 3.05) is 19.6 Å². The molecule has 3 aromatic rings. The summed E-state index contributed by atoms with van der Waals surface area (Å²) in [6, 6.07) is 14.9. The van der Waals surface area contributed by atoms with Gasteiger partial charge in [0.15, 0.2) is 0 Å². The Kier molecular flexibility index (Phi) is 5.26. The average molecular weight is 325 g/mol. The molecule has 2 aromatic carbocycles. The van der Waals surface area contributed by atoms with Crippen LogP contribution in [0.1, 0.15) is 20.3 Å². The number of halogens is 1. The summed E-state index contributed by atoms with van der Waals surface area (Å²) in [5.74, 6) is 0.492. The molecule has 0 aliphatic rings. The van der Waals surface area contributed by atoms with Crippen molar-refractivity contribution in [3.05, 3.63) is 54.3 Å². The van der Waals surface area contributed by atoms with Crippen LogP contribution in [0.2, 0.25) is 0 Å². The number of aryl methyl sites for hydroxylation is 1. The third kappa shape index (κ3) is 3.34. The quantitative estimate of drug-likeness (QED) is 0.634. The molecule has 0 atom stereocenters. The lowest BCUT2D eigenvalue weighted by Gasteiger charge is -2.18. The van der Waals surface area contributed by atoms with Gasteiger partial charge in [0.05, 0.1) is 16.6 Å². The molecule has 0 spiro atoms. The molecule has 3 nitrogen and oxygen atoms in total. The van der Waals surface area contributed by atoms with E-state index in [0.717, 1.165) is 43.6 Å². The number of benzene rings is 2. The maximum atomic E-state index is 14.3. The van der Waals surface area contributed by atoms with E-state index >= 15 is 0 Å². The van der Waals surface area contributed by atoms with Gasteiger partial charge in [0.25, 0.3) is 0 Å². The summed E-state index contributed by atoms with van der Waals surface area (Å²) < 4.78 is 16.4. The number of rotatable bonds is 7. The summed E-state index contributed by atoms with van der Waals surface area (Å²) in [6.07, 6.45) is 1.02. The van der Waals surface area contributed by atoms with Crippen molar-refractivity contribution in [2.45, 2.75) is 26.8 Å². The van der Waals surface area contributed by atoms with Gasteiger partial charge in [-0.2, -0.15) is 0 Å². The fourth-order valence-corrected chi connectivity index (χ4v) is 3.14. The maximum absolute atomic E-state index is 14.3. The van der Waals surface area contributed by atoms with Crippen LogP contribution in [0.3, 0.4) is 0 Å². The van der Waals surface area contributed by atoms with Gasteiger partial charge in [-0.3, -0.25) is 0 Å². The van der Waals surface area contributed by atoms with Crippen LogP contribution in [0.5, 0.6) is 0 Å². The van der Waals surface area contributed by atoms with Gasteiger partial charge in [0.2, 0.25) is 0 Å². The van der Waals surface area contributed by atoms with E-state index in [0.29, 0.717) is 11.4 Å². The Balaban J connectivity index is 1.95. The fraction of sp³-hybridized carbons (Fsp3) is 0.350. The molecule has 0 aliphatic heterocycles. The van der Waals surface area contributed by atoms with E-state index in [2.05, 4.69) is 29.4 Å². The number of fused-ring (bicyclic) bond motifs is 1. The minimum absolute atomic E-state index is 0.224. The molecule has 0 radical (unpaired) electrons. The summed E-state index contributed by atoms with van der Waals surface area (Å²) in [6.45, 7) is 8.35. The molecule has 1 aromatic heterocycles. The Labute approximate surface area is 142 Å². The lowest BCUT2D eigenvalue weighted by molar-refractivity contribution is 0.294. The number of hydrogen-bond acceptors (Lipinski definition) is 2. The summed E-state index contributed by atoms with van der Waals surface area (Å²) in [4.78, 5) is 7.10. The molecule has 0 bridgehead atoms. The van der Waals surface area contributed by atoms with Gasteiger partial charge in [0, 0.05) is 6.54 Å². The van der Waals surface area contributed by atoms with Gasteiger partial charge < -0.3 is 9.47 Å². The third-order valence-corrected chi connectivity index (χ3v) is 4.52. The first-order chi connectivity index (χ1) is 11.7. The molecule has 3 rings (SSSR count). The molecule has 126 valence electrons. The van der Waals surface area contributed by atoms with Gasteiger partial charge in [-0.1, -0.05) is 38.1 Å². The second kappa shape index (κ2) is 7.58. The van der Waals surface area contributed by atoms with Crippen LogP contribution in [0.4, 0.5) is 4.39 Å². The van der Waals surface area contributed by atoms with E-state index in [1.165, 1.54) is 6.07 Å². The minimum atomic E-state index is -0.224. The van der Waals surface area contributed by atoms with Crippen LogP contribution in [-0.4, -0.2) is 34.1 Å². The lowest BCUT2D eigenvalue weighted by atomic mass is 10.2. The van der Waals surface area contributed by atoms with Gasteiger partial charge >= 0.3 is 0 Å². The Morgan fingerprint density at radius 1 is 1.00 bits per heavy atom. The van der Waals surface area contributed by atoms with Crippen LogP contribution in [-0.2, 0) is 6.54 Å². The number of hydrogen-bond donors (Lipinski definition) is 0. The number of imidazole rings is 1. The smallest absolute Gasteiger partial charge is 0.144 e. The van der Waals surface area contributed by atoms with Crippen molar-refractivity contribution < 1.29 is 4.39 Å². The molecule has 0 N–H and O–H groups in total. The predicted octanol–water partition coefficient (Wildman–Crippen LogP) is 4.57. The Morgan fingerprint density at radius 3 is 2.46 bits per heavy atom. The fourth-order valence-electron chi connectivity index (χ4n) is 3.14. The molecule has 0 aliphatic carbocycles. The molecule has 24 heavy (non-hydrogen) atoms. The molecule has 0 saturated carbocycles. The highest BCUT2D eigenvalue weighted by atomic mass is 19.1. The molecule has 0 fully saturated rings. The highest BCUT2D eigenvalue weighted by Crippen LogP contribution is 2.27. The first-order valence-electron chi connectivity index (χ1n) is 8.67. The number of aromatic nitrogens is 2. The zero-order chi connectivity index (χ0) is 16.9. The second-order valence-corrected chi connectivity index (χ2v) is 5.94. The first kappa shape index (κ1) is 16.7. The van der Waals surface area contributed by atoms with Crippen molar-refractivity contribution in [2.24, 2.45) is 0 Å². The highest BCUT2D eigenvalue weighted by molar-refractivity contribution is 5.80. The zero-order valence-electron chi connectivity index (χ0n) is 14.4. The van der Waals surface area contributed by atoms with E-state index in [4.69, 9.17) is 4.98 Å². The average Bonchev–Trinajstić information content (AvgIpc) is 2.98. The monoisotopic (exact) mass is 325 g/mol. The molecule has 1 heterocycles. The van der Waals surface area contributed by atoms with Crippen molar-refractivity contribution in [1.29, 1.82) is 0 Å². The SMILES string of the molecule is CCN(CC)CCCn1c(-c2ccccc2F)nc2ccccc21. The summed E-state index contributed by atoms with van der Waals surface area (Å²) in [5.41, 5.74) is 2.55. The van der Waals surface area contributed by atoms with Crippen molar-refractivity contribution >= 4 is 11.0 Å². The lowest BCUT2D eigenvalue weighted by Crippen LogP contribution is -2.24. The molecule has 4 heteroatoms. The van der Waals surface area contributed by atoms with Crippen LogP contribution in [0, 0.1) is 5.82 Å². The van der Waals surface area contributed by atoms with Gasteiger partial charge in [0.1, 0.15) is 11.6 Å². The number of nitrogens with zero attached hydrogens (tertiary/aromatic N) is 3. The van der Waals surface area contributed by atoms with Crippen molar-refractivity contribution in [3.63, 3.8) is 0 Å². The van der Waals surface area contributed by atoms with Crippen LogP contribution in [0.25, 0.3) is 22.4 Å². The Hall–Kier alpha value is -2.20. The first-order valence-corrected chi connectivity index (χ1v) is 8.67. The minimum Gasteiger partial charge on any atom is -0.324 e. The topological polar surface area (TPSA) is 21.1 Å². The van der Waals surface area contributed by atoms with E-state index in [-0.39, 0.29) is 5.82 Å². The molecule has 0 saturated heterocycles. The predicted molar refractivity (Wildman–Crippen MR) is 97.5 cm³/mol. The Bertz CT molecular complexity index is 806.